The predicted octanol–water partition coefficient (Wildman–Crippen LogP) is 5.26. The van der Waals surface area contributed by atoms with Crippen LogP contribution in [0.25, 0.3) is 16.2 Å². The number of amides is 1. The first-order valence-corrected chi connectivity index (χ1v) is 10.5. The molecule has 0 aliphatic carbocycles. The van der Waals surface area contributed by atoms with Gasteiger partial charge in [0.05, 0.1) is 18.7 Å². The highest BCUT2D eigenvalue weighted by Gasteiger charge is 2.13. The summed E-state index contributed by atoms with van der Waals surface area (Å²) in [5.74, 6) is 0.810. The fourth-order valence-corrected chi connectivity index (χ4v) is 4.05. The van der Waals surface area contributed by atoms with E-state index in [1.54, 1.807) is 11.3 Å². The van der Waals surface area contributed by atoms with Crippen LogP contribution >= 0.6 is 11.3 Å². The highest BCUT2D eigenvalue weighted by Crippen LogP contribution is 2.26. The molecule has 148 valence electrons. The second-order valence-electron chi connectivity index (χ2n) is 6.99. The lowest BCUT2D eigenvalue weighted by Crippen LogP contribution is -2.15. The van der Waals surface area contributed by atoms with E-state index in [1.165, 1.54) is 5.56 Å². The van der Waals surface area contributed by atoms with Crippen LogP contribution in [0, 0.1) is 13.8 Å². The largest absolute Gasteiger partial charge is 0.494 e. The second-order valence-corrected chi connectivity index (χ2v) is 7.82. The number of imidazole rings is 1. The van der Waals surface area contributed by atoms with E-state index in [-0.39, 0.29) is 5.91 Å². The van der Waals surface area contributed by atoms with Gasteiger partial charge in [-0.2, -0.15) is 0 Å². The smallest absolute Gasteiger partial charge is 0.230 e. The van der Waals surface area contributed by atoms with E-state index >= 15 is 0 Å². The predicted molar refractivity (Wildman–Crippen MR) is 118 cm³/mol. The fourth-order valence-electron chi connectivity index (χ4n) is 3.17. The molecule has 29 heavy (non-hydrogen) atoms. The van der Waals surface area contributed by atoms with Crippen LogP contribution < -0.4 is 10.1 Å². The lowest BCUT2D eigenvalue weighted by atomic mass is 10.1. The Balaban J connectivity index is 1.51. The minimum absolute atomic E-state index is 0.0377. The molecule has 0 saturated carbocycles. The van der Waals surface area contributed by atoms with E-state index in [9.17, 15) is 4.79 Å². The molecule has 6 heteroatoms. The van der Waals surface area contributed by atoms with Gasteiger partial charge < -0.3 is 10.1 Å². The second kappa shape index (κ2) is 8.09. The van der Waals surface area contributed by atoms with Crippen molar-refractivity contribution >= 4 is 27.9 Å². The number of thiazole rings is 1. The average molecular weight is 406 g/mol. The van der Waals surface area contributed by atoms with Gasteiger partial charge in [0, 0.05) is 28.5 Å². The lowest BCUT2D eigenvalue weighted by molar-refractivity contribution is -0.115. The average Bonchev–Trinajstić information content (AvgIpc) is 3.28. The number of nitrogens with one attached hydrogen (secondary N) is 1. The lowest BCUT2D eigenvalue weighted by Gasteiger charge is -2.07. The first-order valence-electron chi connectivity index (χ1n) is 9.59. The van der Waals surface area contributed by atoms with Crippen molar-refractivity contribution in [1.29, 1.82) is 0 Å². The SMILES string of the molecule is CCOc1ccc(-c2cn3c(CC(=O)Nc4ccc(C)c(C)c4)csc3n2)cc1. The summed E-state index contributed by atoms with van der Waals surface area (Å²) in [4.78, 5) is 18.1. The number of carbonyl (C=O) groups excluding carboxylic acids is 1. The molecule has 1 amide bonds. The number of nitrogens with zero attached hydrogens (tertiary/aromatic N) is 2. The molecule has 0 bridgehead atoms. The number of benzene rings is 2. The molecule has 0 aliphatic rings. The summed E-state index contributed by atoms with van der Waals surface area (Å²) in [6.07, 6.45) is 2.28. The van der Waals surface area contributed by atoms with Gasteiger partial charge >= 0.3 is 0 Å². The van der Waals surface area contributed by atoms with E-state index < -0.39 is 0 Å². The van der Waals surface area contributed by atoms with Crippen LogP contribution in [0.4, 0.5) is 5.69 Å². The molecule has 0 spiro atoms. The molecular formula is C23H23N3O2S. The Kier molecular flexibility index (Phi) is 5.36. The molecular weight excluding hydrogens is 382 g/mol. The van der Waals surface area contributed by atoms with Gasteiger partial charge in [0.15, 0.2) is 4.96 Å². The molecule has 1 N–H and O–H groups in total. The van der Waals surface area contributed by atoms with Gasteiger partial charge in [0.2, 0.25) is 5.91 Å². The third-order valence-corrected chi connectivity index (χ3v) is 5.77. The van der Waals surface area contributed by atoms with Gasteiger partial charge in [-0.25, -0.2) is 4.98 Å². The van der Waals surface area contributed by atoms with Crippen molar-refractivity contribution in [2.24, 2.45) is 0 Å². The van der Waals surface area contributed by atoms with E-state index in [4.69, 9.17) is 9.72 Å². The van der Waals surface area contributed by atoms with E-state index in [0.717, 1.165) is 38.9 Å². The Morgan fingerprint density at radius 2 is 1.93 bits per heavy atom. The van der Waals surface area contributed by atoms with Gasteiger partial charge in [-0.1, -0.05) is 6.07 Å². The first kappa shape index (κ1) is 19.2. The van der Waals surface area contributed by atoms with Crippen LogP contribution in [0.15, 0.2) is 54.0 Å². The molecule has 2 aromatic heterocycles. The fraction of sp³-hybridized carbons (Fsp3) is 0.217. The zero-order chi connectivity index (χ0) is 20.4. The Morgan fingerprint density at radius 3 is 2.66 bits per heavy atom. The Hall–Kier alpha value is -3.12. The summed E-state index contributed by atoms with van der Waals surface area (Å²) in [5.41, 5.74) is 6.03. The maximum Gasteiger partial charge on any atom is 0.230 e. The number of hydrogen-bond donors (Lipinski definition) is 1. The van der Waals surface area contributed by atoms with Crippen molar-refractivity contribution < 1.29 is 9.53 Å². The van der Waals surface area contributed by atoms with Crippen molar-refractivity contribution in [3.8, 4) is 17.0 Å². The monoisotopic (exact) mass is 405 g/mol. The van der Waals surface area contributed by atoms with E-state index in [0.29, 0.717) is 13.0 Å². The van der Waals surface area contributed by atoms with Crippen LogP contribution in [-0.2, 0) is 11.2 Å². The third kappa shape index (κ3) is 4.17. The molecule has 0 aliphatic heterocycles. The quantitative estimate of drug-likeness (QED) is 0.476. The molecule has 4 aromatic rings. The first-order chi connectivity index (χ1) is 14.0. The standard InChI is InChI=1S/C23H23N3O2S/c1-4-28-20-9-6-17(7-10-20)21-13-26-19(14-29-23(26)25-21)12-22(27)24-18-8-5-15(2)16(3)11-18/h5-11,13-14H,4,12H2,1-3H3,(H,24,27). The zero-order valence-electron chi connectivity index (χ0n) is 16.7. The van der Waals surface area contributed by atoms with E-state index in [1.807, 2.05) is 72.3 Å². The third-order valence-electron chi connectivity index (χ3n) is 4.88. The number of anilines is 1. The van der Waals surface area contributed by atoms with Crippen LogP contribution in [0.5, 0.6) is 5.75 Å². The highest BCUT2D eigenvalue weighted by atomic mass is 32.1. The molecule has 0 fully saturated rings. The zero-order valence-corrected chi connectivity index (χ0v) is 17.5. The van der Waals surface area contributed by atoms with Crippen molar-refractivity contribution in [2.75, 3.05) is 11.9 Å². The van der Waals surface area contributed by atoms with Crippen LogP contribution in [0.2, 0.25) is 0 Å². The summed E-state index contributed by atoms with van der Waals surface area (Å²) in [7, 11) is 0. The minimum Gasteiger partial charge on any atom is -0.494 e. The number of carbonyl (C=O) groups is 1. The normalized spacial score (nSPS) is 11.0. The minimum atomic E-state index is -0.0377. The number of aryl methyl sites for hydroxylation is 2. The molecule has 0 radical (unpaired) electrons. The number of ether oxygens (including phenoxy) is 1. The number of fused-ring (bicyclic) bond motifs is 1. The van der Waals surface area contributed by atoms with Crippen LogP contribution in [-0.4, -0.2) is 21.9 Å². The van der Waals surface area contributed by atoms with Crippen molar-refractivity contribution in [3.05, 3.63) is 70.9 Å². The van der Waals surface area contributed by atoms with Crippen LogP contribution in [0.3, 0.4) is 0 Å². The van der Waals surface area contributed by atoms with Gasteiger partial charge in [-0.15, -0.1) is 11.3 Å². The summed E-state index contributed by atoms with van der Waals surface area (Å²) < 4.78 is 7.49. The molecule has 4 rings (SSSR count). The van der Waals surface area contributed by atoms with Gasteiger partial charge in [0.25, 0.3) is 0 Å². The number of rotatable bonds is 6. The Bertz CT molecular complexity index is 1160. The summed E-state index contributed by atoms with van der Waals surface area (Å²) in [6, 6.07) is 13.9. The summed E-state index contributed by atoms with van der Waals surface area (Å²) in [5, 5.41) is 4.98. The van der Waals surface area contributed by atoms with Gasteiger partial charge in [0.1, 0.15) is 5.75 Å². The Morgan fingerprint density at radius 1 is 1.14 bits per heavy atom. The summed E-state index contributed by atoms with van der Waals surface area (Å²) in [6.45, 7) is 6.72. The van der Waals surface area contributed by atoms with Crippen molar-refractivity contribution in [2.45, 2.75) is 27.2 Å². The van der Waals surface area contributed by atoms with E-state index in [2.05, 4.69) is 12.2 Å². The maximum atomic E-state index is 12.5. The number of aromatic nitrogens is 2. The maximum absolute atomic E-state index is 12.5. The van der Waals surface area contributed by atoms with Crippen LogP contribution in [0.1, 0.15) is 23.7 Å². The molecule has 2 heterocycles. The number of hydrogen-bond acceptors (Lipinski definition) is 4. The highest BCUT2D eigenvalue weighted by molar-refractivity contribution is 7.15. The molecule has 2 aromatic carbocycles. The van der Waals surface area contributed by atoms with Gasteiger partial charge in [-0.3, -0.25) is 9.20 Å². The molecule has 0 unspecified atom stereocenters. The Labute approximate surface area is 174 Å². The molecule has 0 atom stereocenters. The summed E-state index contributed by atoms with van der Waals surface area (Å²) >= 11 is 1.54. The van der Waals surface area contributed by atoms with Gasteiger partial charge in [-0.05, 0) is 68.3 Å². The van der Waals surface area contributed by atoms with Crippen molar-refractivity contribution in [3.63, 3.8) is 0 Å². The van der Waals surface area contributed by atoms with Crippen molar-refractivity contribution in [1.82, 2.24) is 9.38 Å². The molecule has 5 nitrogen and oxygen atoms in total. The topological polar surface area (TPSA) is 55.6 Å². The molecule has 0 saturated heterocycles.